The van der Waals surface area contributed by atoms with Gasteiger partial charge in [0.1, 0.15) is 0 Å². The van der Waals surface area contributed by atoms with Crippen molar-refractivity contribution >= 4 is 27.5 Å². The number of aromatic nitrogens is 1. The number of carbonyl (C=O) groups excluding carboxylic acids is 1. The summed E-state index contributed by atoms with van der Waals surface area (Å²) >= 11 is 1.76. The summed E-state index contributed by atoms with van der Waals surface area (Å²) < 4.78 is 1.25. The van der Waals surface area contributed by atoms with Crippen molar-refractivity contribution in [2.45, 2.75) is 44.6 Å². The number of aryl methyl sites for hydroxylation is 1. The fraction of sp³-hybridized carbons (Fsp3) is 0.529. The molecule has 0 aliphatic carbocycles. The second-order valence-electron chi connectivity index (χ2n) is 6.00. The van der Waals surface area contributed by atoms with Crippen molar-refractivity contribution in [3.8, 4) is 0 Å². The van der Waals surface area contributed by atoms with E-state index in [0.717, 1.165) is 50.7 Å². The van der Waals surface area contributed by atoms with E-state index in [1.807, 2.05) is 17.0 Å². The fourth-order valence-electron chi connectivity index (χ4n) is 2.89. The van der Waals surface area contributed by atoms with Crippen LogP contribution in [-0.4, -0.2) is 34.9 Å². The van der Waals surface area contributed by atoms with Crippen molar-refractivity contribution in [2.24, 2.45) is 5.73 Å². The SMILES string of the molecule is NC1CCN(C(=O)CCCCc2nc3ccccc3s2)CC1. The molecule has 3 rings (SSSR count). The van der Waals surface area contributed by atoms with Gasteiger partial charge in [0.05, 0.1) is 15.2 Å². The van der Waals surface area contributed by atoms with Gasteiger partial charge in [-0.05, 0) is 44.2 Å². The lowest BCUT2D eigenvalue weighted by atomic mass is 10.1. The van der Waals surface area contributed by atoms with E-state index in [1.54, 1.807) is 11.3 Å². The lowest BCUT2D eigenvalue weighted by Gasteiger charge is -2.30. The number of carbonyl (C=O) groups is 1. The van der Waals surface area contributed by atoms with E-state index in [1.165, 1.54) is 9.71 Å². The Labute approximate surface area is 135 Å². The quantitative estimate of drug-likeness (QED) is 0.863. The second kappa shape index (κ2) is 7.20. The van der Waals surface area contributed by atoms with Crippen molar-refractivity contribution < 1.29 is 4.79 Å². The van der Waals surface area contributed by atoms with Gasteiger partial charge in [0, 0.05) is 25.6 Å². The van der Waals surface area contributed by atoms with Gasteiger partial charge >= 0.3 is 0 Å². The van der Waals surface area contributed by atoms with E-state index in [2.05, 4.69) is 17.1 Å². The molecular weight excluding hydrogens is 294 g/mol. The monoisotopic (exact) mass is 317 g/mol. The van der Waals surface area contributed by atoms with Crippen molar-refractivity contribution in [3.05, 3.63) is 29.3 Å². The third-order valence-electron chi connectivity index (χ3n) is 4.26. The number of nitrogens with zero attached hydrogens (tertiary/aromatic N) is 2. The lowest BCUT2D eigenvalue weighted by Crippen LogP contribution is -2.42. The van der Waals surface area contributed by atoms with E-state index in [9.17, 15) is 4.79 Å². The summed E-state index contributed by atoms with van der Waals surface area (Å²) in [5.74, 6) is 0.288. The number of rotatable bonds is 5. The van der Waals surface area contributed by atoms with Crippen molar-refractivity contribution in [1.82, 2.24) is 9.88 Å². The molecule has 0 unspecified atom stereocenters. The Morgan fingerprint density at radius 3 is 2.82 bits per heavy atom. The number of amides is 1. The third kappa shape index (κ3) is 3.84. The number of fused-ring (bicyclic) bond motifs is 1. The number of nitrogens with two attached hydrogens (primary N) is 1. The maximum atomic E-state index is 12.1. The van der Waals surface area contributed by atoms with Gasteiger partial charge in [-0.25, -0.2) is 4.98 Å². The molecule has 1 aliphatic heterocycles. The Balaban J connectivity index is 1.40. The van der Waals surface area contributed by atoms with Crippen LogP contribution >= 0.6 is 11.3 Å². The van der Waals surface area contributed by atoms with Gasteiger partial charge < -0.3 is 10.6 Å². The maximum absolute atomic E-state index is 12.1. The molecule has 2 N–H and O–H groups in total. The molecule has 4 nitrogen and oxygen atoms in total. The molecule has 2 heterocycles. The van der Waals surface area contributed by atoms with Crippen LogP contribution in [0.15, 0.2) is 24.3 Å². The van der Waals surface area contributed by atoms with Gasteiger partial charge in [0.2, 0.25) is 5.91 Å². The van der Waals surface area contributed by atoms with Crippen LogP contribution in [0.1, 0.15) is 37.1 Å². The number of benzene rings is 1. The number of hydrogen-bond acceptors (Lipinski definition) is 4. The van der Waals surface area contributed by atoms with Gasteiger partial charge in [-0.1, -0.05) is 12.1 Å². The molecule has 0 bridgehead atoms. The molecule has 1 aromatic heterocycles. The Morgan fingerprint density at radius 2 is 2.05 bits per heavy atom. The minimum atomic E-state index is 0.281. The average Bonchev–Trinajstić information content (AvgIpc) is 2.95. The summed E-state index contributed by atoms with van der Waals surface area (Å²) in [7, 11) is 0. The van der Waals surface area contributed by atoms with E-state index in [-0.39, 0.29) is 11.9 Å². The summed E-state index contributed by atoms with van der Waals surface area (Å²) in [6.45, 7) is 1.66. The van der Waals surface area contributed by atoms with Gasteiger partial charge in [-0.3, -0.25) is 4.79 Å². The standard InChI is InChI=1S/C17H23N3OS/c18-13-9-11-20(12-10-13)17(21)8-4-3-7-16-19-14-5-1-2-6-15(14)22-16/h1-2,5-6,13H,3-4,7-12,18H2. The van der Waals surface area contributed by atoms with Crippen LogP contribution in [0.25, 0.3) is 10.2 Å². The van der Waals surface area contributed by atoms with Crippen LogP contribution in [0.5, 0.6) is 0 Å². The van der Waals surface area contributed by atoms with Crippen molar-refractivity contribution in [3.63, 3.8) is 0 Å². The first-order valence-corrected chi connectivity index (χ1v) is 8.92. The number of likely N-dealkylation sites (tertiary alicyclic amines) is 1. The first kappa shape index (κ1) is 15.4. The van der Waals surface area contributed by atoms with Crippen molar-refractivity contribution in [1.29, 1.82) is 0 Å². The summed E-state index contributed by atoms with van der Waals surface area (Å²) in [6.07, 6.45) is 5.47. The van der Waals surface area contributed by atoms with E-state index < -0.39 is 0 Å². The van der Waals surface area contributed by atoms with Crippen molar-refractivity contribution in [2.75, 3.05) is 13.1 Å². The Kier molecular flexibility index (Phi) is 5.05. The smallest absolute Gasteiger partial charge is 0.222 e. The second-order valence-corrected chi connectivity index (χ2v) is 7.12. The predicted octanol–water partition coefficient (Wildman–Crippen LogP) is 2.96. The van der Waals surface area contributed by atoms with Crippen LogP contribution in [0, 0.1) is 0 Å². The van der Waals surface area contributed by atoms with Crippen LogP contribution in [0.3, 0.4) is 0 Å². The minimum absolute atomic E-state index is 0.281. The molecule has 0 spiro atoms. The number of para-hydroxylation sites is 1. The fourth-order valence-corrected chi connectivity index (χ4v) is 3.90. The van der Waals surface area contributed by atoms with Crippen LogP contribution in [0.2, 0.25) is 0 Å². The zero-order chi connectivity index (χ0) is 15.4. The Hall–Kier alpha value is -1.46. The molecular formula is C17H23N3OS. The largest absolute Gasteiger partial charge is 0.343 e. The highest BCUT2D eigenvalue weighted by molar-refractivity contribution is 7.18. The topological polar surface area (TPSA) is 59.2 Å². The molecule has 2 aromatic rings. The van der Waals surface area contributed by atoms with Crippen LogP contribution in [-0.2, 0) is 11.2 Å². The van der Waals surface area contributed by atoms with Gasteiger partial charge in [-0.15, -0.1) is 11.3 Å². The van der Waals surface area contributed by atoms with Crippen LogP contribution in [0.4, 0.5) is 0 Å². The molecule has 1 aromatic carbocycles. The molecule has 1 fully saturated rings. The molecule has 1 aliphatic rings. The van der Waals surface area contributed by atoms with Gasteiger partial charge in [0.15, 0.2) is 0 Å². The highest BCUT2D eigenvalue weighted by Gasteiger charge is 2.19. The Morgan fingerprint density at radius 1 is 1.27 bits per heavy atom. The van der Waals surface area contributed by atoms with E-state index >= 15 is 0 Å². The van der Waals surface area contributed by atoms with Gasteiger partial charge in [-0.2, -0.15) is 0 Å². The van der Waals surface area contributed by atoms with E-state index in [0.29, 0.717) is 6.42 Å². The molecule has 118 valence electrons. The zero-order valence-corrected chi connectivity index (χ0v) is 13.6. The summed E-state index contributed by atoms with van der Waals surface area (Å²) in [5.41, 5.74) is 6.96. The summed E-state index contributed by atoms with van der Waals surface area (Å²) in [5, 5.41) is 1.18. The normalized spacial score (nSPS) is 16.3. The molecule has 22 heavy (non-hydrogen) atoms. The number of hydrogen-bond donors (Lipinski definition) is 1. The molecule has 1 saturated heterocycles. The highest BCUT2D eigenvalue weighted by Crippen LogP contribution is 2.23. The van der Waals surface area contributed by atoms with E-state index in [4.69, 9.17) is 5.73 Å². The molecule has 1 amide bonds. The maximum Gasteiger partial charge on any atom is 0.222 e. The number of thiazole rings is 1. The average molecular weight is 317 g/mol. The van der Waals surface area contributed by atoms with Crippen LogP contribution < -0.4 is 5.73 Å². The molecule has 0 radical (unpaired) electrons. The summed E-state index contributed by atoms with van der Waals surface area (Å²) in [4.78, 5) is 18.7. The minimum Gasteiger partial charge on any atom is -0.343 e. The first-order valence-electron chi connectivity index (χ1n) is 8.10. The molecule has 0 atom stereocenters. The predicted molar refractivity (Wildman–Crippen MR) is 91.0 cm³/mol. The summed E-state index contributed by atoms with van der Waals surface area (Å²) in [6, 6.07) is 8.52. The molecule has 5 heteroatoms. The molecule has 0 saturated carbocycles. The van der Waals surface area contributed by atoms with Gasteiger partial charge in [0.25, 0.3) is 0 Å². The Bertz CT molecular complexity index is 599. The number of piperidine rings is 1. The zero-order valence-electron chi connectivity index (χ0n) is 12.8. The first-order chi connectivity index (χ1) is 10.7. The lowest BCUT2D eigenvalue weighted by molar-refractivity contribution is -0.132. The third-order valence-corrected chi connectivity index (χ3v) is 5.36. The number of unbranched alkanes of at least 4 members (excludes halogenated alkanes) is 1. The highest BCUT2D eigenvalue weighted by atomic mass is 32.1.